The molecule has 1 atom stereocenters. The highest BCUT2D eigenvalue weighted by molar-refractivity contribution is 5.53. The van der Waals surface area contributed by atoms with Crippen LogP contribution < -0.4 is 11.1 Å². The predicted molar refractivity (Wildman–Crippen MR) is 71.6 cm³/mol. The summed E-state index contributed by atoms with van der Waals surface area (Å²) in [5.74, 6) is 0.470. The average molecular weight is 259 g/mol. The Bertz CT molecular complexity index is 588. The van der Waals surface area contributed by atoms with Crippen LogP contribution in [0.1, 0.15) is 18.5 Å². The minimum absolute atomic E-state index is 0.0809. The molecule has 2 heterocycles. The second kappa shape index (κ2) is 5.30. The van der Waals surface area contributed by atoms with E-state index in [0.717, 1.165) is 5.56 Å². The van der Waals surface area contributed by atoms with Gasteiger partial charge in [-0.1, -0.05) is 6.07 Å². The molecule has 3 N–H and O–H groups in total. The van der Waals surface area contributed by atoms with Crippen molar-refractivity contribution in [1.29, 1.82) is 0 Å². The number of nitrogen functional groups attached to an aromatic ring is 1. The van der Waals surface area contributed by atoms with Crippen molar-refractivity contribution in [2.75, 3.05) is 11.1 Å². The summed E-state index contributed by atoms with van der Waals surface area (Å²) in [5, 5.41) is 13.8. The highest BCUT2D eigenvalue weighted by atomic mass is 16.6. The van der Waals surface area contributed by atoms with Gasteiger partial charge in [-0.05, 0) is 18.6 Å². The fourth-order valence-electron chi connectivity index (χ4n) is 1.65. The number of aromatic nitrogens is 2. The Balaban J connectivity index is 2.21. The summed E-state index contributed by atoms with van der Waals surface area (Å²) in [6.07, 6.45) is 3.40. The molecular weight excluding hydrogens is 246 g/mol. The molecule has 0 saturated heterocycles. The van der Waals surface area contributed by atoms with Crippen molar-refractivity contribution in [3.05, 3.63) is 52.3 Å². The third-order valence-electron chi connectivity index (χ3n) is 2.59. The van der Waals surface area contributed by atoms with Crippen molar-refractivity contribution in [1.82, 2.24) is 9.97 Å². The van der Waals surface area contributed by atoms with Crippen LogP contribution in [0.2, 0.25) is 0 Å². The van der Waals surface area contributed by atoms with E-state index in [9.17, 15) is 10.1 Å². The van der Waals surface area contributed by atoms with E-state index in [1.807, 2.05) is 19.1 Å². The topological polar surface area (TPSA) is 107 Å². The molecule has 2 aromatic heterocycles. The number of nitro groups is 1. The Labute approximate surface area is 109 Å². The maximum Gasteiger partial charge on any atom is 0.276 e. The number of hydrogen-bond donors (Lipinski definition) is 2. The highest BCUT2D eigenvalue weighted by Gasteiger charge is 2.12. The molecule has 0 bridgehead atoms. The van der Waals surface area contributed by atoms with E-state index in [1.165, 1.54) is 12.1 Å². The lowest BCUT2D eigenvalue weighted by atomic mass is 10.1. The quantitative estimate of drug-likeness (QED) is 0.643. The van der Waals surface area contributed by atoms with E-state index >= 15 is 0 Å². The van der Waals surface area contributed by atoms with Crippen LogP contribution in [0.4, 0.5) is 17.3 Å². The first-order valence-electron chi connectivity index (χ1n) is 5.64. The van der Waals surface area contributed by atoms with E-state index in [1.54, 1.807) is 12.4 Å². The Morgan fingerprint density at radius 2 is 2.26 bits per heavy atom. The number of hydrogen-bond acceptors (Lipinski definition) is 6. The maximum absolute atomic E-state index is 10.7. The van der Waals surface area contributed by atoms with Crippen LogP contribution in [0.3, 0.4) is 0 Å². The van der Waals surface area contributed by atoms with Gasteiger partial charge in [0.25, 0.3) is 5.69 Å². The van der Waals surface area contributed by atoms with E-state index in [-0.39, 0.29) is 17.5 Å². The lowest BCUT2D eigenvalue weighted by Gasteiger charge is -2.14. The van der Waals surface area contributed by atoms with E-state index in [4.69, 9.17) is 5.73 Å². The van der Waals surface area contributed by atoms with Crippen molar-refractivity contribution in [2.24, 2.45) is 0 Å². The molecule has 19 heavy (non-hydrogen) atoms. The molecule has 2 aromatic rings. The molecule has 0 radical (unpaired) electrons. The second-order valence-corrected chi connectivity index (χ2v) is 4.04. The van der Waals surface area contributed by atoms with E-state index in [2.05, 4.69) is 15.3 Å². The van der Waals surface area contributed by atoms with Gasteiger partial charge in [-0.25, -0.2) is 4.98 Å². The zero-order valence-electron chi connectivity index (χ0n) is 10.3. The standard InChI is InChI=1S/C12H13N5O2/c1-8(9-3-2-4-14-7-9)15-12-6-10(17(18)19)5-11(13)16-12/h2-8H,1H3,(H3,13,15,16). The monoisotopic (exact) mass is 259 g/mol. The van der Waals surface area contributed by atoms with Crippen molar-refractivity contribution in [3.63, 3.8) is 0 Å². The minimum Gasteiger partial charge on any atom is -0.383 e. The Morgan fingerprint density at radius 1 is 1.47 bits per heavy atom. The van der Waals surface area contributed by atoms with Crippen LogP contribution in [-0.4, -0.2) is 14.9 Å². The lowest BCUT2D eigenvalue weighted by molar-refractivity contribution is -0.384. The van der Waals surface area contributed by atoms with E-state index < -0.39 is 4.92 Å². The van der Waals surface area contributed by atoms with Gasteiger partial charge in [-0.2, -0.15) is 0 Å². The van der Waals surface area contributed by atoms with Gasteiger partial charge in [0.15, 0.2) is 0 Å². The first-order valence-corrected chi connectivity index (χ1v) is 5.64. The summed E-state index contributed by atoms with van der Waals surface area (Å²) in [6, 6.07) is 6.22. The Morgan fingerprint density at radius 3 is 2.89 bits per heavy atom. The molecule has 1 unspecified atom stereocenters. The molecule has 0 aliphatic rings. The molecule has 0 aliphatic heterocycles. The summed E-state index contributed by atoms with van der Waals surface area (Å²) in [5.41, 5.74) is 6.41. The zero-order valence-corrected chi connectivity index (χ0v) is 10.3. The van der Waals surface area contributed by atoms with Gasteiger partial charge in [0.05, 0.1) is 23.1 Å². The van der Waals surface area contributed by atoms with Crippen LogP contribution in [0.25, 0.3) is 0 Å². The highest BCUT2D eigenvalue weighted by Crippen LogP contribution is 2.22. The first-order chi connectivity index (χ1) is 9.06. The van der Waals surface area contributed by atoms with Gasteiger partial charge >= 0.3 is 0 Å². The molecule has 98 valence electrons. The molecular formula is C12H13N5O2. The molecule has 0 saturated carbocycles. The second-order valence-electron chi connectivity index (χ2n) is 4.04. The molecule has 0 amide bonds. The minimum atomic E-state index is -0.502. The molecule has 0 aliphatic carbocycles. The van der Waals surface area contributed by atoms with Gasteiger partial charge in [0.2, 0.25) is 0 Å². The normalized spacial score (nSPS) is 11.8. The number of anilines is 2. The summed E-state index contributed by atoms with van der Waals surface area (Å²) in [7, 11) is 0. The van der Waals surface area contributed by atoms with Crippen molar-refractivity contribution < 1.29 is 4.92 Å². The molecule has 0 aromatic carbocycles. The molecule has 0 fully saturated rings. The van der Waals surface area contributed by atoms with Crippen molar-refractivity contribution in [3.8, 4) is 0 Å². The van der Waals surface area contributed by atoms with Crippen LogP contribution in [0.15, 0.2) is 36.7 Å². The van der Waals surface area contributed by atoms with Crippen LogP contribution >= 0.6 is 0 Å². The average Bonchev–Trinajstić information content (AvgIpc) is 2.39. The largest absolute Gasteiger partial charge is 0.383 e. The third-order valence-corrected chi connectivity index (χ3v) is 2.59. The SMILES string of the molecule is CC(Nc1cc([N+](=O)[O-])cc(N)n1)c1cccnc1. The molecule has 2 rings (SSSR count). The van der Waals surface area contributed by atoms with Gasteiger partial charge in [0.1, 0.15) is 11.6 Å². The van der Waals surface area contributed by atoms with E-state index in [0.29, 0.717) is 5.82 Å². The fourth-order valence-corrected chi connectivity index (χ4v) is 1.65. The number of nitrogens with one attached hydrogen (secondary N) is 1. The summed E-state index contributed by atoms with van der Waals surface area (Å²) >= 11 is 0. The van der Waals surface area contributed by atoms with Gasteiger partial charge in [-0.3, -0.25) is 15.1 Å². The zero-order chi connectivity index (χ0) is 13.8. The van der Waals surface area contributed by atoms with Crippen LogP contribution in [-0.2, 0) is 0 Å². The number of nitrogens with two attached hydrogens (primary N) is 1. The Kier molecular flexibility index (Phi) is 3.56. The van der Waals surface area contributed by atoms with Crippen molar-refractivity contribution >= 4 is 17.3 Å². The number of pyridine rings is 2. The van der Waals surface area contributed by atoms with Gasteiger partial charge in [-0.15, -0.1) is 0 Å². The summed E-state index contributed by atoms with van der Waals surface area (Å²) in [4.78, 5) is 18.3. The third kappa shape index (κ3) is 3.15. The first kappa shape index (κ1) is 12.7. The van der Waals surface area contributed by atoms with Gasteiger partial charge in [0, 0.05) is 12.4 Å². The smallest absolute Gasteiger partial charge is 0.276 e. The molecule has 7 nitrogen and oxygen atoms in total. The predicted octanol–water partition coefficient (Wildman–Crippen LogP) is 2.14. The lowest BCUT2D eigenvalue weighted by Crippen LogP contribution is -2.09. The maximum atomic E-state index is 10.7. The van der Waals surface area contributed by atoms with Crippen LogP contribution in [0.5, 0.6) is 0 Å². The molecule has 7 heteroatoms. The van der Waals surface area contributed by atoms with Crippen molar-refractivity contribution in [2.45, 2.75) is 13.0 Å². The molecule has 0 spiro atoms. The summed E-state index contributed by atoms with van der Waals surface area (Å²) in [6.45, 7) is 1.91. The van der Waals surface area contributed by atoms with Gasteiger partial charge < -0.3 is 11.1 Å². The number of rotatable bonds is 4. The fraction of sp³-hybridized carbons (Fsp3) is 0.167. The van der Waals surface area contributed by atoms with Crippen LogP contribution in [0, 0.1) is 10.1 Å². The summed E-state index contributed by atoms with van der Waals surface area (Å²) < 4.78 is 0. The number of nitrogens with zero attached hydrogens (tertiary/aromatic N) is 3. The Hall–Kier alpha value is -2.70.